The quantitative estimate of drug-likeness (QED) is 0.652. The predicted octanol–water partition coefficient (Wildman–Crippen LogP) is 4.23. The lowest BCUT2D eigenvalue weighted by Gasteiger charge is -2.44. The average Bonchev–Trinajstić information content (AvgIpc) is 2.20. The molecule has 0 amide bonds. The molecule has 0 heterocycles. The summed E-state index contributed by atoms with van der Waals surface area (Å²) in [7, 11) is 0. The van der Waals surface area contributed by atoms with Crippen LogP contribution in [0.2, 0.25) is 0 Å². The second-order valence-electron chi connectivity index (χ2n) is 6.26. The summed E-state index contributed by atoms with van der Waals surface area (Å²) in [6.45, 7) is 11.7. The molecule has 1 aliphatic rings. The zero-order chi connectivity index (χ0) is 12.0. The van der Waals surface area contributed by atoms with E-state index >= 15 is 0 Å². The van der Waals surface area contributed by atoms with Gasteiger partial charge >= 0.3 is 0 Å². The highest BCUT2D eigenvalue weighted by molar-refractivity contribution is 4.91. The maximum Gasteiger partial charge on any atom is 0.000802 e. The van der Waals surface area contributed by atoms with Crippen molar-refractivity contribution in [2.24, 2.45) is 17.3 Å². The smallest absolute Gasteiger partial charge is 0.000802 e. The van der Waals surface area contributed by atoms with Crippen LogP contribution in [0, 0.1) is 17.3 Å². The van der Waals surface area contributed by atoms with Crippen molar-refractivity contribution >= 4 is 0 Å². The van der Waals surface area contributed by atoms with Gasteiger partial charge in [-0.15, -0.1) is 0 Å². The zero-order valence-corrected chi connectivity index (χ0v) is 11.8. The van der Waals surface area contributed by atoms with Crippen molar-refractivity contribution in [1.29, 1.82) is 0 Å². The summed E-state index contributed by atoms with van der Waals surface area (Å²) in [5.41, 5.74) is 0.672. The number of nitrogens with one attached hydrogen (secondary N) is 1. The first-order valence-electron chi connectivity index (χ1n) is 7.32. The molecule has 1 saturated carbocycles. The van der Waals surface area contributed by atoms with Crippen LogP contribution in [0.25, 0.3) is 0 Å². The standard InChI is InChI=1S/C15H31N/c1-5-14(6-2)10-15(8-7-9-15)12-16-11-13(3)4/h13-14,16H,5-12H2,1-4H3. The van der Waals surface area contributed by atoms with E-state index in [1.54, 1.807) is 0 Å². The molecule has 16 heavy (non-hydrogen) atoms. The summed E-state index contributed by atoms with van der Waals surface area (Å²) in [5.74, 6) is 1.74. The summed E-state index contributed by atoms with van der Waals surface area (Å²) >= 11 is 0. The lowest BCUT2D eigenvalue weighted by atomic mass is 9.63. The third-order valence-electron chi connectivity index (χ3n) is 4.34. The normalized spacial score (nSPS) is 19.1. The van der Waals surface area contributed by atoms with Crippen molar-refractivity contribution in [3.05, 3.63) is 0 Å². The Morgan fingerprint density at radius 2 is 1.75 bits per heavy atom. The molecule has 1 N–H and O–H groups in total. The summed E-state index contributed by atoms with van der Waals surface area (Å²) < 4.78 is 0. The van der Waals surface area contributed by atoms with Crippen LogP contribution in [-0.2, 0) is 0 Å². The summed E-state index contributed by atoms with van der Waals surface area (Å²) in [4.78, 5) is 0. The van der Waals surface area contributed by atoms with E-state index in [1.807, 2.05) is 0 Å². The molecule has 0 aromatic carbocycles. The van der Waals surface area contributed by atoms with Gasteiger partial charge in [0.05, 0.1) is 0 Å². The lowest BCUT2D eigenvalue weighted by Crippen LogP contribution is -2.42. The second kappa shape index (κ2) is 6.64. The molecule has 1 aliphatic carbocycles. The first-order valence-corrected chi connectivity index (χ1v) is 7.32. The van der Waals surface area contributed by atoms with Gasteiger partial charge in [0.1, 0.15) is 0 Å². The van der Waals surface area contributed by atoms with Crippen LogP contribution in [0.3, 0.4) is 0 Å². The Labute approximate surface area is 102 Å². The Kier molecular flexibility index (Phi) is 5.82. The molecule has 0 aromatic rings. The van der Waals surface area contributed by atoms with Crippen molar-refractivity contribution in [2.45, 2.75) is 66.2 Å². The molecule has 0 aliphatic heterocycles. The Morgan fingerprint density at radius 1 is 1.12 bits per heavy atom. The zero-order valence-electron chi connectivity index (χ0n) is 11.8. The van der Waals surface area contributed by atoms with Crippen LogP contribution in [0.15, 0.2) is 0 Å². The van der Waals surface area contributed by atoms with E-state index in [1.165, 1.54) is 51.6 Å². The van der Waals surface area contributed by atoms with E-state index in [9.17, 15) is 0 Å². The van der Waals surface area contributed by atoms with Gasteiger partial charge in [0.2, 0.25) is 0 Å². The molecule has 0 saturated heterocycles. The van der Waals surface area contributed by atoms with Crippen LogP contribution in [0.4, 0.5) is 0 Å². The molecule has 1 nitrogen and oxygen atoms in total. The molecule has 96 valence electrons. The SMILES string of the molecule is CCC(CC)CC1(CNCC(C)C)CCC1. The van der Waals surface area contributed by atoms with E-state index in [-0.39, 0.29) is 0 Å². The Morgan fingerprint density at radius 3 is 2.12 bits per heavy atom. The highest BCUT2D eigenvalue weighted by atomic mass is 14.9. The maximum atomic E-state index is 3.68. The van der Waals surface area contributed by atoms with Gasteiger partial charge in [-0.1, -0.05) is 47.0 Å². The van der Waals surface area contributed by atoms with Gasteiger partial charge < -0.3 is 5.32 Å². The van der Waals surface area contributed by atoms with Crippen LogP contribution in [-0.4, -0.2) is 13.1 Å². The minimum absolute atomic E-state index is 0.672. The minimum Gasteiger partial charge on any atom is -0.316 e. The number of hydrogen-bond acceptors (Lipinski definition) is 1. The van der Waals surface area contributed by atoms with Gasteiger partial charge in [0.25, 0.3) is 0 Å². The van der Waals surface area contributed by atoms with Crippen LogP contribution < -0.4 is 5.32 Å². The third-order valence-corrected chi connectivity index (χ3v) is 4.34. The van der Waals surface area contributed by atoms with Crippen molar-refractivity contribution in [2.75, 3.05) is 13.1 Å². The second-order valence-corrected chi connectivity index (χ2v) is 6.26. The fourth-order valence-corrected chi connectivity index (χ4v) is 2.95. The third kappa shape index (κ3) is 4.08. The predicted molar refractivity (Wildman–Crippen MR) is 72.7 cm³/mol. The highest BCUT2D eigenvalue weighted by Gasteiger charge is 2.37. The Hall–Kier alpha value is -0.0400. The maximum absolute atomic E-state index is 3.68. The topological polar surface area (TPSA) is 12.0 Å². The van der Waals surface area contributed by atoms with Crippen molar-refractivity contribution in [3.63, 3.8) is 0 Å². The lowest BCUT2D eigenvalue weighted by molar-refractivity contribution is 0.0879. The van der Waals surface area contributed by atoms with Gasteiger partial charge in [-0.2, -0.15) is 0 Å². The van der Waals surface area contributed by atoms with Gasteiger partial charge in [-0.3, -0.25) is 0 Å². The van der Waals surface area contributed by atoms with E-state index < -0.39 is 0 Å². The van der Waals surface area contributed by atoms with E-state index in [4.69, 9.17) is 0 Å². The molecule has 0 atom stereocenters. The van der Waals surface area contributed by atoms with Crippen molar-refractivity contribution in [1.82, 2.24) is 5.32 Å². The van der Waals surface area contributed by atoms with E-state index in [0.717, 1.165) is 11.8 Å². The molecular formula is C15H31N. The number of hydrogen-bond donors (Lipinski definition) is 1. The first kappa shape index (κ1) is 14.0. The van der Waals surface area contributed by atoms with Crippen LogP contribution in [0.1, 0.15) is 66.2 Å². The molecule has 0 radical (unpaired) electrons. The summed E-state index contributed by atoms with van der Waals surface area (Å²) in [5, 5.41) is 3.68. The average molecular weight is 225 g/mol. The Balaban J connectivity index is 2.32. The molecule has 0 aromatic heterocycles. The molecule has 1 fully saturated rings. The molecule has 1 heteroatoms. The summed E-state index contributed by atoms with van der Waals surface area (Å²) in [6, 6.07) is 0. The van der Waals surface area contributed by atoms with E-state index in [2.05, 4.69) is 33.0 Å². The molecule has 1 rings (SSSR count). The first-order chi connectivity index (χ1) is 7.62. The molecule has 0 spiro atoms. The van der Waals surface area contributed by atoms with Crippen molar-refractivity contribution in [3.8, 4) is 0 Å². The minimum atomic E-state index is 0.672. The molecule has 0 unspecified atom stereocenters. The monoisotopic (exact) mass is 225 g/mol. The highest BCUT2D eigenvalue weighted by Crippen LogP contribution is 2.46. The van der Waals surface area contributed by atoms with Crippen LogP contribution >= 0.6 is 0 Å². The number of rotatable bonds is 8. The van der Waals surface area contributed by atoms with Gasteiger partial charge in [-0.25, -0.2) is 0 Å². The molecule has 0 bridgehead atoms. The fourth-order valence-electron chi connectivity index (χ4n) is 2.95. The Bertz CT molecular complexity index is 178. The largest absolute Gasteiger partial charge is 0.316 e. The van der Waals surface area contributed by atoms with Crippen molar-refractivity contribution < 1.29 is 0 Å². The fraction of sp³-hybridized carbons (Fsp3) is 1.00. The van der Waals surface area contributed by atoms with Gasteiger partial charge in [-0.05, 0) is 43.1 Å². The van der Waals surface area contributed by atoms with Gasteiger partial charge in [0, 0.05) is 6.54 Å². The molecular weight excluding hydrogens is 194 g/mol. The summed E-state index contributed by atoms with van der Waals surface area (Å²) in [6.07, 6.45) is 8.59. The van der Waals surface area contributed by atoms with Gasteiger partial charge in [0.15, 0.2) is 0 Å². The van der Waals surface area contributed by atoms with E-state index in [0.29, 0.717) is 5.41 Å². The van der Waals surface area contributed by atoms with Crippen LogP contribution in [0.5, 0.6) is 0 Å².